The van der Waals surface area contributed by atoms with Crippen molar-refractivity contribution in [2.75, 3.05) is 0 Å². The molecular formula is C10H14N4OS. The van der Waals surface area contributed by atoms with Gasteiger partial charge in [0.1, 0.15) is 16.3 Å². The molecule has 2 heterocycles. The van der Waals surface area contributed by atoms with Crippen molar-refractivity contribution in [2.45, 2.75) is 32.9 Å². The Hall–Kier alpha value is -1.27. The van der Waals surface area contributed by atoms with Gasteiger partial charge in [0.25, 0.3) is 0 Å². The molecule has 5 nitrogen and oxygen atoms in total. The van der Waals surface area contributed by atoms with Gasteiger partial charge in [0.2, 0.25) is 0 Å². The van der Waals surface area contributed by atoms with Gasteiger partial charge in [-0.05, 0) is 20.8 Å². The Morgan fingerprint density at radius 1 is 1.50 bits per heavy atom. The van der Waals surface area contributed by atoms with Crippen molar-refractivity contribution < 1.29 is 5.11 Å². The van der Waals surface area contributed by atoms with Crippen molar-refractivity contribution in [3.05, 3.63) is 28.0 Å². The average Bonchev–Trinajstić information content (AvgIpc) is 2.74. The Morgan fingerprint density at radius 3 is 2.75 bits per heavy atom. The average molecular weight is 238 g/mol. The summed E-state index contributed by atoms with van der Waals surface area (Å²) in [7, 11) is 0. The van der Waals surface area contributed by atoms with Crippen LogP contribution in [0.15, 0.2) is 11.6 Å². The number of aryl methyl sites for hydroxylation is 1. The van der Waals surface area contributed by atoms with Crippen LogP contribution in [-0.2, 0) is 12.1 Å². The van der Waals surface area contributed by atoms with Crippen LogP contribution in [0.2, 0.25) is 0 Å². The van der Waals surface area contributed by atoms with Crippen molar-refractivity contribution in [1.29, 1.82) is 0 Å². The van der Waals surface area contributed by atoms with Crippen molar-refractivity contribution in [2.24, 2.45) is 0 Å². The monoisotopic (exact) mass is 238 g/mol. The van der Waals surface area contributed by atoms with E-state index in [1.165, 1.54) is 0 Å². The van der Waals surface area contributed by atoms with Crippen LogP contribution in [-0.4, -0.2) is 25.1 Å². The number of nitrogens with zero attached hydrogens (tertiary/aromatic N) is 4. The highest BCUT2D eigenvalue weighted by atomic mass is 32.1. The van der Waals surface area contributed by atoms with E-state index in [-0.39, 0.29) is 0 Å². The first-order valence-electron chi connectivity index (χ1n) is 4.99. The van der Waals surface area contributed by atoms with Crippen LogP contribution in [0, 0.1) is 6.92 Å². The highest BCUT2D eigenvalue weighted by Crippen LogP contribution is 2.16. The predicted molar refractivity (Wildman–Crippen MR) is 61.2 cm³/mol. The lowest BCUT2D eigenvalue weighted by Gasteiger charge is -2.11. The molecule has 1 N–H and O–H groups in total. The first kappa shape index (κ1) is 11.2. The molecule has 2 rings (SSSR count). The fraction of sp³-hybridized carbons (Fsp3) is 0.500. The molecule has 6 heteroatoms. The molecule has 0 radical (unpaired) electrons. The zero-order valence-electron chi connectivity index (χ0n) is 9.51. The number of hydrogen-bond acceptors (Lipinski definition) is 5. The molecule has 2 aromatic heterocycles. The van der Waals surface area contributed by atoms with E-state index in [0.717, 1.165) is 10.7 Å². The molecule has 0 amide bonds. The summed E-state index contributed by atoms with van der Waals surface area (Å²) in [5.74, 6) is 0. The second kappa shape index (κ2) is 3.95. The van der Waals surface area contributed by atoms with Gasteiger partial charge < -0.3 is 5.11 Å². The molecule has 0 unspecified atom stereocenters. The van der Waals surface area contributed by atoms with Gasteiger partial charge in [-0.3, -0.25) is 0 Å². The summed E-state index contributed by atoms with van der Waals surface area (Å²) in [5, 5.41) is 20.6. The minimum Gasteiger partial charge on any atom is -0.384 e. The third-order valence-electron chi connectivity index (χ3n) is 2.13. The Balaban J connectivity index is 2.14. The second-order valence-corrected chi connectivity index (χ2v) is 5.19. The van der Waals surface area contributed by atoms with Crippen molar-refractivity contribution in [3.8, 4) is 0 Å². The zero-order chi connectivity index (χ0) is 11.8. The van der Waals surface area contributed by atoms with Crippen molar-refractivity contribution >= 4 is 11.3 Å². The standard InChI is InChI=1S/C10H14N4OS/c1-7-6-16-9(11-7)5-14-4-8(12-13-14)10(2,3)15/h4,6,15H,5H2,1-3H3. The summed E-state index contributed by atoms with van der Waals surface area (Å²) in [6, 6.07) is 0. The Bertz CT molecular complexity index is 483. The molecule has 2 aromatic rings. The molecule has 0 saturated heterocycles. The van der Waals surface area contributed by atoms with E-state index in [1.807, 2.05) is 12.3 Å². The minimum atomic E-state index is -0.947. The number of hydrogen-bond donors (Lipinski definition) is 1. The van der Waals surface area contributed by atoms with Gasteiger partial charge in [0.05, 0.1) is 12.7 Å². The second-order valence-electron chi connectivity index (χ2n) is 4.24. The fourth-order valence-corrected chi connectivity index (χ4v) is 2.03. The maximum atomic E-state index is 9.74. The van der Waals surface area contributed by atoms with E-state index in [9.17, 15) is 5.11 Å². The lowest BCUT2D eigenvalue weighted by Crippen LogP contribution is -2.15. The van der Waals surface area contributed by atoms with Crippen LogP contribution in [0.5, 0.6) is 0 Å². The molecule has 0 fully saturated rings. The van der Waals surface area contributed by atoms with Crippen LogP contribution in [0.1, 0.15) is 30.2 Å². The summed E-state index contributed by atoms with van der Waals surface area (Å²) < 4.78 is 1.69. The topological polar surface area (TPSA) is 63.8 Å². The number of aliphatic hydroxyl groups is 1. The quantitative estimate of drug-likeness (QED) is 0.876. The smallest absolute Gasteiger partial charge is 0.114 e. The lowest BCUT2D eigenvalue weighted by molar-refractivity contribution is 0.0737. The molecule has 0 saturated carbocycles. The lowest BCUT2D eigenvalue weighted by atomic mass is 10.1. The van der Waals surface area contributed by atoms with Gasteiger partial charge in [-0.25, -0.2) is 9.67 Å². The molecule has 0 aliphatic rings. The van der Waals surface area contributed by atoms with Crippen molar-refractivity contribution in [3.63, 3.8) is 0 Å². The molecule has 86 valence electrons. The molecule has 0 aromatic carbocycles. The largest absolute Gasteiger partial charge is 0.384 e. The van der Waals surface area contributed by atoms with E-state index >= 15 is 0 Å². The first-order chi connectivity index (χ1) is 7.45. The number of rotatable bonds is 3. The fourth-order valence-electron chi connectivity index (χ4n) is 1.27. The zero-order valence-corrected chi connectivity index (χ0v) is 10.3. The van der Waals surface area contributed by atoms with Crippen LogP contribution in [0.3, 0.4) is 0 Å². The first-order valence-corrected chi connectivity index (χ1v) is 5.87. The van der Waals surface area contributed by atoms with Crippen LogP contribution in [0.4, 0.5) is 0 Å². The molecule has 0 bridgehead atoms. The molecule has 0 atom stereocenters. The molecule has 0 aliphatic carbocycles. The van der Waals surface area contributed by atoms with E-state index < -0.39 is 5.60 Å². The normalized spacial score (nSPS) is 12.0. The summed E-state index contributed by atoms with van der Waals surface area (Å²) >= 11 is 1.60. The van der Waals surface area contributed by atoms with Crippen LogP contribution < -0.4 is 0 Å². The third-order valence-corrected chi connectivity index (χ3v) is 3.08. The summed E-state index contributed by atoms with van der Waals surface area (Å²) in [4.78, 5) is 4.34. The van der Waals surface area contributed by atoms with E-state index in [0.29, 0.717) is 12.2 Å². The van der Waals surface area contributed by atoms with E-state index in [1.54, 1.807) is 36.1 Å². The molecular weight excluding hydrogens is 224 g/mol. The highest BCUT2D eigenvalue weighted by molar-refractivity contribution is 7.09. The Morgan fingerprint density at radius 2 is 2.25 bits per heavy atom. The van der Waals surface area contributed by atoms with Crippen molar-refractivity contribution in [1.82, 2.24) is 20.0 Å². The Labute approximate surface area is 97.8 Å². The molecule has 0 spiro atoms. The summed E-state index contributed by atoms with van der Waals surface area (Å²) in [6.07, 6.45) is 1.75. The summed E-state index contributed by atoms with van der Waals surface area (Å²) in [6.45, 7) is 5.94. The van der Waals surface area contributed by atoms with Gasteiger partial charge in [-0.15, -0.1) is 16.4 Å². The van der Waals surface area contributed by atoms with Gasteiger partial charge in [-0.1, -0.05) is 5.21 Å². The SMILES string of the molecule is Cc1csc(Cn2cc(C(C)(C)O)nn2)n1. The Kier molecular flexibility index (Phi) is 2.77. The van der Waals surface area contributed by atoms with E-state index in [2.05, 4.69) is 15.3 Å². The van der Waals surface area contributed by atoms with Gasteiger partial charge in [0, 0.05) is 11.1 Å². The molecule has 16 heavy (non-hydrogen) atoms. The maximum Gasteiger partial charge on any atom is 0.114 e. The van der Waals surface area contributed by atoms with Crippen LogP contribution in [0.25, 0.3) is 0 Å². The van der Waals surface area contributed by atoms with Gasteiger partial charge >= 0.3 is 0 Å². The number of aromatic nitrogens is 4. The summed E-state index contributed by atoms with van der Waals surface area (Å²) in [5.41, 5.74) is 0.639. The van der Waals surface area contributed by atoms with E-state index in [4.69, 9.17) is 0 Å². The van der Waals surface area contributed by atoms with Crippen LogP contribution >= 0.6 is 11.3 Å². The maximum absolute atomic E-state index is 9.74. The number of thiazole rings is 1. The van der Waals surface area contributed by atoms with Gasteiger partial charge in [-0.2, -0.15) is 0 Å². The van der Waals surface area contributed by atoms with Gasteiger partial charge in [0.15, 0.2) is 0 Å². The minimum absolute atomic E-state index is 0.570. The predicted octanol–water partition coefficient (Wildman–Crippen LogP) is 1.32. The third kappa shape index (κ3) is 2.45. The highest BCUT2D eigenvalue weighted by Gasteiger charge is 2.20. The molecule has 0 aliphatic heterocycles.